The van der Waals surface area contributed by atoms with E-state index >= 15 is 0 Å². The van der Waals surface area contributed by atoms with Crippen molar-refractivity contribution >= 4 is 64.1 Å². The van der Waals surface area contributed by atoms with Crippen LogP contribution in [0.2, 0.25) is 10.0 Å². The fourth-order valence-electron chi connectivity index (χ4n) is 4.01. The summed E-state index contributed by atoms with van der Waals surface area (Å²) in [7, 11) is 0. The standard InChI is InChI=1S/C26H23Cl2N3O2S/c1-14(2)17-5-7-19(8-6-17)31-25(33)21(24(32)29-26(31)34)12-18-11-15(3)30(16(18)4)20-9-10-22(27)23(28)13-20/h5-14H,1-4H3,(H,29,32,34)/b21-12-. The van der Waals surface area contributed by atoms with E-state index in [4.69, 9.17) is 35.4 Å². The van der Waals surface area contributed by atoms with Crippen LogP contribution in [0.5, 0.6) is 0 Å². The molecular weight excluding hydrogens is 489 g/mol. The molecular formula is C26H23Cl2N3O2S. The van der Waals surface area contributed by atoms with Gasteiger partial charge in [-0.05, 0) is 85.6 Å². The van der Waals surface area contributed by atoms with E-state index in [0.717, 1.165) is 28.2 Å². The number of carbonyl (C=O) groups is 2. The summed E-state index contributed by atoms with van der Waals surface area (Å²) in [6.07, 6.45) is 1.60. The number of aryl methyl sites for hydroxylation is 1. The molecule has 0 atom stereocenters. The Kier molecular flexibility index (Phi) is 6.67. The number of rotatable bonds is 4. The Morgan fingerprint density at radius 2 is 1.59 bits per heavy atom. The van der Waals surface area contributed by atoms with Crippen LogP contribution in [0.15, 0.2) is 54.1 Å². The molecule has 0 spiro atoms. The number of amides is 2. The van der Waals surface area contributed by atoms with Crippen molar-refractivity contribution in [1.82, 2.24) is 9.88 Å². The highest BCUT2D eigenvalue weighted by atomic mass is 35.5. The van der Waals surface area contributed by atoms with Crippen molar-refractivity contribution in [3.63, 3.8) is 0 Å². The van der Waals surface area contributed by atoms with Crippen LogP contribution in [0.4, 0.5) is 5.69 Å². The van der Waals surface area contributed by atoms with Crippen LogP contribution >= 0.6 is 35.4 Å². The van der Waals surface area contributed by atoms with Gasteiger partial charge in [0.25, 0.3) is 11.8 Å². The number of hydrogen-bond acceptors (Lipinski definition) is 3. The summed E-state index contributed by atoms with van der Waals surface area (Å²) in [4.78, 5) is 27.5. The smallest absolute Gasteiger partial charge is 0.270 e. The molecule has 1 saturated heterocycles. The highest BCUT2D eigenvalue weighted by molar-refractivity contribution is 7.80. The molecule has 2 amide bonds. The van der Waals surface area contributed by atoms with Crippen molar-refractivity contribution in [1.29, 1.82) is 0 Å². The van der Waals surface area contributed by atoms with Crippen LogP contribution in [0.1, 0.15) is 42.3 Å². The van der Waals surface area contributed by atoms with Crippen molar-refractivity contribution in [3.8, 4) is 5.69 Å². The van der Waals surface area contributed by atoms with Gasteiger partial charge in [0.2, 0.25) is 0 Å². The summed E-state index contributed by atoms with van der Waals surface area (Å²) in [5.74, 6) is -0.631. The van der Waals surface area contributed by atoms with Gasteiger partial charge in [-0.15, -0.1) is 0 Å². The number of nitrogens with zero attached hydrogens (tertiary/aromatic N) is 2. The lowest BCUT2D eigenvalue weighted by molar-refractivity contribution is -0.122. The molecule has 0 bridgehead atoms. The van der Waals surface area contributed by atoms with Crippen molar-refractivity contribution in [3.05, 3.63) is 86.7 Å². The topological polar surface area (TPSA) is 54.3 Å². The molecule has 3 aromatic rings. The maximum Gasteiger partial charge on any atom is 0.270 e. The Labute approximate surface area is 214 Å². The van der Waals surface area contributed by atoms with Gasteiger partial charge in [0, 0.05) is 17.1 Å². The Bertz CT molecular complexity index is 1360. The zero-order valence-corrected chi connectivity index (χ0v) is 21.5. The number of aromatic nitrogens is 1. The maximum absolute atomic E-state index is 13.4. The van der Waals surface area contributed by atoms with E-state index in [9.17, 15) is 9.59 Å². The van der Waals surface area contributed by atoms with Gasteiger partial charge in [-0.1, -0.05) is 49.2 Å². The molecule has 1 fully saturated rings. The van der Waals surface area contributed by atoms with E-state index in [-0.39, 0.29) is 10.7 Å². The third kappa shape index (κ3) is 4.41. The van der Waals surface area contributed by atoms with Crippen LogP contribution in [0, 0.1) is 13.8 Å². The molecule has 34 heavy (non-hydrogen) atoms. The molecule has 1 N–H and O–H groups in total. The van der Waals surface area contributed by atoms with E-state index in [1.165, 1.54) is 4.90 Å². The molecule has 0 radical (unpaired) electrons. The summed E-state index contributed by atoms with van der Waals surface area (Å²) in [5, 5.41) is 3.62. The minimum absolute atomic E-state index is 0.0101. The maximum atomic E-state index is 13.4. The SMILES string of the molecule is Cc1cc(/C=C2/C(=O)NC(=S)N(c3ccc(C(C)C)cc3)C2=O)c(C)n1-c1ccc(Cl)c(Cl)c1. The van der Waals surface area contributed by atoms with Gasteiger partial charge in [-0.25, -0.2) is 0 Å². The van der Waals surface area contributed by atoms with Gasteiger partial charge in [-0.3, -0.25) is 19.8 Å². The van der Waals surface area contributed by atoms with Crippen LogP contribution in [-0.2, 0) is 9.59 Å². The highest BCUT2D eigenvalue weighted by Gasteiger charge is 2.34. The molecule has 8 heteroatoms. The molecule has 4 rings (SSSR count). The number of carbonyl (C=O) groups excluding carboxylic acids is 2. The fourth-order valence-corrected chi connectivity index (χ4v) is 4.58. The number of hydrogen-bond donors (Lipinski definition) is 1. The Morgan fingerprint density at radius 1 is 0.941 bits per heavy atom. The van der Waals surface area contributed by atoms with Crippen molar-refractivity contribution < 1.29 is 9.59 Å². The Balaban J connectivity index is 1.73. The van der Waals surface area contributed by atoms with Gasteiger partial charge in [-0.2, -0.15) is 0 Å². The lowest BCUT2D eigenvalue weighted by Gasteiger charge is -2.29. The zero-order chi connectivity index (χ0) is 24.7. The summed E-state index contributed by atoms with van der Waals surface area (Å²) in [6, 6.07) is 14.9. The average molecular weight is 512 g/mol. The highest BCUT2D eigenvalue weighted by Crippen LogP contribution is 2.30. The first-order valence-corrected chi connectivity index (χ1v) is 11.9. The molecule has 174 valence electrons. The van der Waals surface area contributed by atoms with Gasteiger partial charge in [0.15, 0.2) is 5.11 Å². The normalized spacial score (nSPS) is 15.4. The Morgan fingerprint density at radius 3 is 2.21 bits per heavy atom. The van der Waals surface area contributed by atoms with Crippen LogP contribution in [-0.4, -0.2) is 21.5 Å². The molecule has 1 aliphatic heterocycles. The molecule has 0 saturated carbocycles. The van der Waals surface area contributed by atoms with Crippen LogP contribution < -0.4 is 10.2 Å². The van der Waals surface area contributed by atoms with Crippen molar-refractivity contribution in [2.24, 2.45) is 0 Å². The zero-order valence-electron chi connectivity index (χ0n) is 19.1. The lowest BCUT2D eigenvalue weighted by atomic mass is 10.0. The van der Waals surface area contributed by atoms with E-state index in [2.05, 4.69) is 19.2 Å². The van der Waals surface area contributed by atoms with E-state index in [0.29, 0.717) is 21.7 Å². The summed E-state index contributed by atoms with van der Waals surface area (Å²) in [6.45, 7) is 8.06. The third-order valence-corrected chi connectivity index (χ3v) is 6.87. The van der Waals surface area contributed by atoms with Crippen molar-refractivity contribution in [2.45, 2.75) is 33.6 Å². The summed E-state index contributed by atoms with van der Waals surface area (Å²) in [5.41, 5.74) is 5.11. The second-order valence-corrected chi connectivity index (χ2v) is 9.67. The van der Waals surface area contributed by atoms with Crippen molar-refractivity contribution in [2.75, 3.05) is 4.90 Å². The predicted molar refractivity (Wildman–Crippen MR) is 142 cm³/mol. The molecule has 5 nitrogen and oxygen atoms in total. The molecule has 2 aromatic carbocycles. The summed E-state index contributed by atoms with van der Waals surface area (Å²) < 4.78 is 1.99. The molecule has 0 unspecified atom stereocenters. The fraction of sp³-hybridized carbons (Fsp3) is 0.192. The second-order valence-electron chi connectivity index (χ2n) is 8.46. The van der Waals surface area contributed by atoms with Crippen LogP contribution in [0.3, 0.4) is 0 Å². The molecule has 0 aliphatic carbocycles. The molecule has 1 aliphatic rings. The van der Waals surface area contributed by atoms with Gasteiger partial charge in [0.1, 0.15) is 5.57 Å². The monoisotopic (exact) mass is 511 g/mol. The molecule has 1 aromatic heterocycles. The first-order chi connectivity index (χ1) is 16.1. The van der Waals surface area contributed by atoms with Gasteiger partial charge < -0.3 is 4.57 Å². The van der Waals surface area contributed by atoms with E-state index in [1.807, 2.05) is 54.8 Å². The summed E-state index contributed by atoms with van der Waals surface area (Å²) >= 11 is 17.6. The van der Waals surface area contributed by atoms with Gasteiger partial charge in [0.05, 0.1) is 15.7 Å². The predicted octanol–water partition coefficient (Wildman–Crippen LogP) is 6.36. The average Bonchev–Trinajstić information content (AvgIpc) is 3.06. The lowest BCUT2D eigenvalue weighted by Crippen LogP contribution is -2.54. The number of anilines is 1. The third-order valence-electron chi connectivity index (χ3n) is 5.85. The minimum atomic E-state index is -0.524. The first kappa shape index (κ1) is 24.2. The Hall–Kier alpha value is -2.93. The number of thiocarbonyl (C=S) groups is 1. The number of benzene rings is 2. The second kappa shape index (κ2) is 9.37. The number of halogens is 2. The van der Waals surface area contributed by atoms with Gasteiger partial charge >= 0.3 is 0 Å². The quantitative estimate of drug-likeness (QED) is 0.252. The number of nitrogens with one attached hydrogen (secondary N) is 1. The first-order valence-electron chi connectivity index (χ1n) is 10.7. The largest absolute Gasteiger partial charge is 0.318 e. The van der Waals surface area contributed by atoms with Crippen LogP contribution in [0.25, 0.3) is 11.8 Å². The minimum Gasteiger partial charge on any atom is -0.318 e. The van der Waals surface area contributed by atoms with E-state index in [1.54, 1.807) is 18.2 Å². The molecule has 2 heterocycles. The van der Waals surface area contributed by atoms with E-state index < -0.39 is 11.8 Å².